The minimum absolute atomic E-state index is 0.414. The van der Waals surface area contributed by atoms with Crippen LogP contribution in [0.15, 0.2) is 54.7 Å². The van der Waals surface area contributed by atoms with E-state index in [9.17, 15) is 0 Å². The van der Waals surface area contributed by atoms with Crippen molar-refractivity contribution in [1.29, 1.82) is 0 Å². The third-order valence-electron chi connectivity index (χ3n) is 4.89. The molecule has 28 heavy (non-hydrogen) atoms. The summed E-state index contributed by atoms with van der Waals surface area (Å²) in [6.07, 6.45) is 2.79. The third kappa shape index (κ3) is 3.62. The summed E-state index contributed by atoms with van der Waals surface area (Å²) in [5, 5.41) is 10.4. The molecule has 0 bridgehead atoms. The molecular weight excluding hydrogens is 354 g/mol. The largest absolute Gasteiger partial charge is 0.457 e. The van der Waals surface area contributed by atoms with Crippen LogP contribution in [0.4, 0.5) is 0 Å². The van der Waals surface area contributed by atoms with Crippen LogP contribution in [0.1, 0.15) is 12.2 Å². The number of nitrogens with one attached hydrogen (secondary N) is 3. The summed E-state index contributed by atoms with van der Waals surface area (Å²) in [6.45, 7) is 2.31. The summed E-state index contributed by atoms with van der Waals surface area (Å²) >= 11 is 0. The van der Waals surface area contributed by atoms with Crippen LogP contribution in [-0.4, -0.2) is 39.4 Å². The Morgan fingerprint density at radius 2 is 2.00 bits per heavy atom. The van der Waals surface area contributed by atoms with E-state index < -0.39 is 0 Å². The highest BCUT2D eigenvalue weighted by atomic mass is 16.5. The molecule has 0 amide bonds. The van der Waals surface area contributed by atoms with E-state index in [0.29, 0.717) is 12.6 Å². The van der Waals surface area contributed by atoms with Crippen LogP contribution >= 0.6 is 0 Å². The zero-order valence-electron chi connectivity index (χ0n) is 15.3. The van der Waals surface area contributed by atoms with Crippen molar-refractivity contribution in [2.24, 2.45) is 0 Å². The molecule has 1 aliphatic heterocycles. The van der Waals surface area contributed by atoms with Crippen LogP contribution in [0, 0.1) is 0 Å². The molecule has 0 aliphatic carbocycles. The first-order valence-electron chi connectivity index (χ1n) is 9.41. The second kappa shape index (κ2) is 7.46. The van der Waals surface area contributed by atoms with Gasteiger partial charge in [-0.2, -0.15) is 5.10 Å². The van der Waals surface area contributed by atoms with E-state index in [0.717, 1.165) is 59.2 Å². The molecule has 1 atom stereocenters. The number of aromatic amines is 2. The molecule has 0 spiro atoms. The predicted molar refractivity (Wildman–Crippen MR) is 106 cm³/mol. The lowest BCUT2D eigenvalue weighted by molar-refractivity contribution is 0.189. The fourth-order valence-electron chi connectivity index (χ4n) is 3.38. The molecule has 1 aliphatic rings. The molecule has 5 rings (SSSR count). The lowest BCUT2D eigenvalue weighted by atomic mass is 10.1. The first-order valence-corrected chi connectivity index (χ1v) is 9.41. The number of aromatic nitrogens is 4. The Balaban J connectivity index is 1.28. The van der Waals surface area contributed by atoms with E-state index in [1.54, 1.807) is 6.20 Å². The van der Waals surface area contributed by atoms with Gasteiger partial charge in [0.25, 0.3) is 0 Å². The van der Waals surface area contributed by atoms with E-state index in [1.165, 1.54) is 0 Å². The molecule has 7 nitrogen and oxygen atoms in total. The minimum atomic E-state index is 0.414. The van der Waals surface area contributed by atoms with Crippen molar-refractivity contribution in [2.75, 3.05) is 13.2 Å². The van der Waals surface area contributed by atoms with E-state index >= 15 is 0 Å². The van der Waals surface area contributed by atoms with Gasteiger partial charge in [0.1, 0.15) is 17.3 Å². The average molecular weight is 375 g/mol. The van der Waals surface area contributed by atoms with Crippen molar-refractivity contribution in [3.05, 3.63) is 60.6 Å². The summed E-state index contributed by atoms with van der Waals surface area (Å²) in [4.78, 5) is 8.01. The van der Waals surface area contributed by atoms with E-state index in [1.807, 2.05) is 48.5 Å². The van der Waals surface area contributed by atoms with Crippen molar-refractivity contribution < 1.29 is 9.47 Å². The van der Waals surface area contributed by atoms with Gasteiger partial charge in [-0.15, -0.1) is 0 Å². The number of H-pyrrole nitrogens is 2. The second-order valence-electron chi connectivity index (χ2n) is 6.90. The van der Waals surface area contributed by atoms with Crippen molar-refractivity contribution in [1.82, 2.24) is 25.5 Å². The average Bonchev–Trinajstić information content (AvgIpc) is 3.47. The number of ether oxygens (including phenoxy) is 2. The fraction of sp³-hybridized carbons (Fsp3) is 0.238. The summed E-state index contributed by atoms with van der Waals surface area (Å²) in [6, 6.07) is 16.2. The lowest BCUT2D eigenvalue weighted by Crippen LogP contribution is -2.28. The van der Waals surface area contributed by atoms with Crippen LogP contribution in [-0.2, 0) is 11.3 Å². The monoisotopic (exact) mass is 375 g/mol. The van der Waals surface area contributed by atoms with E-state index in [2.05, 4.69) is 25.5 Å². The van der Waals surface area contributed by atoms with Crippen molar-refractivity contribution in [2.45, 2.75) is 19.0 Å². The van der Waals surface area contributed by atoms with Gasteiger partial charge in [-0.05, 0) is 54.4 Å². The molecule has 7 heteroatoms. The van der Waals surface area contributed by atoms with Gasteiger partial charge in [0, 0.05) is 24.9 Å². The number of hydrogen-bond acceptors (Lipinski definition) is 5. The smallest absolute Gasteiger partial charge is 0.129 e. The van der Waals surface area contributed by atoms with Gasteiger partial charge in [-0.25, -0.2) is 4.98 Å². The number of fused-ring (bicyclic) bond motifs is 1. The number of imidazole rings is 1. The Morgan fingerprint density at radius 3 is 2.79 bits per heavy atom. The van der Waals surface area contributed by atoms with Crippen molar-refractivity contribution in [3.63, 3.8) is 0 Å². The Bertz CT molecular complexity index is 1050. The van der Waals surface area contributed by atoms with Gasteiger partial charge in [-0.1, -0.05) is 0 Å². The van der Waals surface area contributed by atoms with Crippen LogP contribution < -0.4 is 10.1 Å². The quantitative estimate of drug-likeness (QED) is 0.479. The Morgan fingerprint density at radius 1 is 1.11 bits per heavy atom. The summed E-state index contributed by atoms with van der Waals surface area (Å²) in [7, 11) is 0. The normalized spacial score (nSPS) is 16.6. The molecule has 2 aromatic carbocycles. The number of hydrogen-bond donors (Lipinski definition) is 3. The first kappa shape index (κ1) is 17.0. The molecule has 3 N–H and O–H groups in total. The highest BCUT2D eigenvalue weighted by Crippen LogP contribution is 2.27. The molecule has 2 aromatic heterocycles. The maximum absolute atomic E-state index is 6.00. The third-order valence-corrected chi connectivity index (χ3v) is 4.89. The Hall–Kier alpha value is -3.16. The van der Waals surface area contributed by atoms with Crippen molar-refractivity contribution >= 4 is 11.0 Å². The standard InChI is InChI=1S/C21H21N5O2/c1-3-16(4-2-14(1)18-7-9-23-26-18)28-17-5-6-19-20(11-17)25-21(24-19)12-22-15-8-10-27-13-15/h1-7,9,11,15,22H,8,10,12-13H2,(H,23,26)(H,24,25). The molecule has 1 fully saturated rings. The van der Waals surface area contributed by atoms with Gasteiger partial charge in [0.15, 0.2) is 0 Å². The summed E-state index contributed by atoms with van der Waals surface area (Å²) in [5.74, 6) is 2.47. The number of rotatable bonds is 6. The molecule has 0 radical (unpaired) electrons. The number of nitrogens with zero attached hydrogens (tertiary/aromatic N) is 2. The summed E-state index contributed by atoms with van der Waals surface area (Å²) < 4.78 is 11.4. The number of benzene rings is 2. The fourth-order valence-corrected chi connectivity index (χ4v) is 3.38. The Labute approximate surface area is 162 Å². The lowest BCUT2D eigenvalue weighted by Gasteiger charge is -2.07. The minimum Gasteiger partial charge on any atom is -0.457 e. The van der Waals surface area contributed by atoms with E-state index in [-0.39, 0.29) is 0 Å². The van der Waals surface area contributed by atoms with Crippen LogP contribution in [0.3, 0.4) is 0 Å². The van der Waals surface area contributed by atoms with Gasteiger partial charge in [-0.3, -0.25) is 5.10 Å². The first-order chi connectivity index (χ1) is 13.8. The van der Waals surface area contributed by atoms with Crippen LogP contribution in [0.5, 0.6) is 11.5 Å². The SMILES string of the molecule is c1cc(-c2ccc(Oc3ccc4nc(CNC5CCOC5)[nH]c4c3)cc2)[nH]n1. The predicted octanol–water partition coefficient (Wildman–Crippen LogP) is 3.62. The zero-order valence-corrected chi connectivity index (χ0v) is 15.3. The Kier molecular flexibility index (Phi) is 4.52. The van der Waals surface area contributed by atoms with Crippen LogP contribution in [0.25, 0.3) is 22.3 Å². The highest BCUT2D eigenvalue weighted by Gasteiger charge is 2.15. The molecular formula is C21H21N5O2. The molecule has 4 aromatic rings. The van der Waals surface area contributed by atoms with Gasteiger partial charge >= 0.3 is 0 Å². The molecule has 1 unspecified atom stereocenters. The maximum Gasteiger partial charge on any atom is 0.129 e. The maximum atomic E-state index is 6.00. The second-order valence-corrected chi connectivity index (χ2v) is 6.90. The zero-order chi connectivity index (χ0) is 18.8. The van der Waals surface area contributed by atoms with Gasteiger partial charge in [0.05, 0.1) is 29.9 Å². The van der Waals surface area contributed by atoms with E-state index in [4.69, 9.17) is 9.47 Å². The molecule has 0 saturated carbocycles. The van der Waals surface area contributed by atoms with Crippen molar-refractivity contribution in [3.8, 4) is 22.8 Å². The summed E-state index contributed by atoms with van der Waals surface area (Å²) in [5.41, 5.74) is 3.95. The van der Waals surface area contributed by atoms with Crippen LogP contribution in [0.2, 0.25) is 0 Å². The van der Waals surface area contributed by atoms with Gasteiger partial charge in [0.2, 0.25) is 0 Å². The molecule has 3 heterocycles. The molecule has 1 saturated heterocycles. The highest BCUT2D eigenvalue weighted by molar-refractivity contribution is 5.77. The topological polar surface area (TPSA) is 87.8 Å². The van der Waals surface area contributed by atoms with Gasteiger partial charge < -0.3 is 19.8 Å². The molecule has 142 valence electrons.